The van der Waals surface area contributed by atoms with Crippen LogP contribution in [0.25, 0.3) is 6.08 Å². The van der Waals surface area contributed by atoms with Crippen LogP contribution in [0.4, 0.5) is 21.9 Å². The molecule has 4 rings (SSSR count). The standard InChI is InChI=1S/C26H19BrN4O8/c1-38-22-8-3-2-7-20(22)28-23(32)14-39-21-10-9-16(27)11-15(21)12-19-24(33)29-26(35)30(25(19)34)17-5-4-6-18(13-17)31(36)37/h2-13H,14H2,1H3,(H,28,32)(H,29,33,35)/b19-12-. The average Bonchev–Trinajstić information content (AvgIpc) is 2.91. The number of nitro benzene ring substituents is 1. The number of nitrogens with one attached hydrogen (secondary N) is 2. The molecule has 2 N–H and O–H groups in total. The van der Waals surface area contributed by atoms with Gasteiger partial charge in [0.15, 0.2) is 6.61 Å². The van der Waals surface area contributed by atoms with Crippen molar-refractivity contribution in [1.29, 1.82) is 0 Å². The van der Waals surface area contributed by atoms with Crippen LogP contribution in [0.3, 0.4) is 0 Å². The summed E-state index contributed by atoms with van der Waals surface area (Å²) < 4.78 is 11.5. The normalized spacial score (nSPS) is 14.2. The topological polar surface area (TPSA) is 157 Å². The molecule has 0 bridgehead atoms. The third kappa shape index (κ3) is 6.10. The van der Waals surface area contributed by atoms with Gasteiger partial charge in [0.25, 0.3) is 23.4 Å². The Morgan fingerprint density at radius 3 is 2.59 bits per heavy atom. The minimum atomic E-state index is -1.05. The monoisotopic (exact) mass is 594 g/mol. The molecule has 13 heteroatoms. The van der Waals surface area contributed by atoms with Crippen molar-refractivity contribution in [2.75, 3.05) is 23.9 Å². The highest BCUT2D eigenvalue weighted by atomic mass is 79.9. The lowest BCUT2D eigenvalue weighted by atomic mass is 10.1. The number of anilines is 2. The number of urea groups is 1. The number of carbonyl (C=O) groups excluding carboxylic acids is 4. The van der Waals surface area contributed by atoms with E-state index in [1.807, 2.05) is 0 Å². The highest BCUT2D eigenvalue weighted by molar-refractivity contribution is 9.10. The first kappa shape index (κ1) is 27.0. The molecule has 1 saturated heterocycles. The number of ether oxygens (including phenoxy) is 2. The average molecular weight is 595 g/mol. The van der Waals surface area contributed by atoms with Gasteiger partial charge in [-0.15, -0.1) is 0 Å². The first-order valence-corrected chi connectivity index (χ1v) is 12.0. The maximum atomic E-state index is 13.2. The zero-order valence-electron chi connectivity index (χ0n) is 20.2. The highest BCUT2D eigenvalue weighted by Crippen LogP contribution is 2.29. The van der Waals surface area contributed by atoms with E-state index in [4.69, 9.17) is 9.47 Å². The van der Waals surface area contributed by atoms with Crippen molar-refractivity contribution in [2.24, 2.45) is 0 Å². The van der Waals surface area contributed by atoms with E-state index in [1.165, 1.54) is 37.5 Å². The van der Waals surface area contributed by atoms with Crippen LogP contribution in [-0.4, -0.2) is 42.4 Å². The predicted octanol–water partition coefficient (Wildman–Crippen LogP) is 4.05. The van der Waals surface area contributed by atoms with Crippen LogP contribution < -0.4 is 25.0 Å². The number of imide groups is 2. The number of halogens is 1. The summed E-state index contributed by atoms with van der Waals surface area (Å²) in [5.41, 5.74) is -0.167. The fourth-order valence-electron chi connectivity index (χ4n) is 3.63. The molecular formula is C26H19BrN4O8. The highest BCUT2D eigenvalue weighted by Gasteiger charge is 2.37. The number of amides is 5. The maximum absolute atomic E-state index is 13.2. The Morgan fingerprint density at radius 2 is 1.85 bits per heavy atom. The van der Waals surface area contributed by atoms with Crippen LogP contribution >= 0.6 is 15.9 Å². The van der Waals surface area contributed by atoms with Crippen molar-refractivity contribution >= 4 is 62.8 Å². The molecule has 0 spiro atoms. The summed E-state index contributed by atoms with van der Waals surface area (Å²) in [4.78, 5) is 61.9. The van der Waals surface area contributed by atoms with E-state index in [0.29, 0.717) is 20.8 Å². The second-order valence-corrected chi connectivity index (χ2v) is 8.87. The minimum absolute atomic E-state index is 0.0937. The number of para-hydroxylation sites is 2. The number of non-ortho nitro benzene ring substituents is 1. The van der Waals surface area contributed by atoms with Gasteiger partial charge in [-0.3, -0.25) is 29.8 Å². The molecule has 0 saturated carbocycles. The number of hydrogen-bond donors (Lipinski definition) is 2. The molecular weight excluding hydrogens is 576 g/mol. The van der Waals surface area contributed by atoms with Gasteiger partial charge in [0, 0.05) is 22.2 Å². The Morgan fingerprint density at radius 1 is 1.08 bits per heavy atom. The summed E-state index contributed by atoms with van der Waals surface area (Å²) >= 11 is 3.32. The number of nitrogens with zero attached hydrogens (tertiary/aromatic N) is 2. The third-order valence-electron chi connectivity index (χ3n) is 5.41. The predicted molar refractivity (Wildman–Crippen MR) is 143 cm³/mol. The van der Waals surface area contributed by atoms with Crippen LogP contribution in [0.5, 0.6) is 11.5 Å². The van der Waals surface area contributed by atoms with Gasteiger partial charge in [-0.25, -0.2) is 9.69 Å². The number of nitro groups is 1. The zero-order valence-corrected chi connectivity index (χ0v) is 21.8. The Kier molecular flexibility index (Phi) is 8.01. The van der Waals surface area contributed by atoms with E-state index in [9.17, 15) is 29.3 Å². The van der Waals surface area contributed by atoms with Crippen LogP contribution in [0.1, 0.15) is 5.56 Å². The summed E-state index contributed by atoms with van der Waals surface area (Å²) in [5, 5.41) is 15.9. The maximum Gasteiger partial charge on any atom is 0.335 e. The van der Waals surface area contributed by atoms with Crippen molar-refractivity contribution in [3.8, 4) is 11.5 Å². The van der Waals surface area contributed by atoms with E-state index in [2.05, 4.69) is 26.6 Å². The van der Waals surface area contributed by atoms with Gasteiger partial charge in [0.1, 0.15) is 17.1 Å². The van der Waals surface area contributed by atoms with Gasteiger partial charge in [-0.1, -0.05) is 34.1 Å². The fraction of sp³-hybridized carbons (Fsp3) is 0.0769. The largest absolute Gasteiger partial charge is 0.495 e. The number of rotatable bonds is 8. The molecule has 1 aliphatic heterocycles. The molecule has 1 fully saturated rings. The number of barbiturate groups is 1. The Hall–Kier alpha value is -5.04. The lowest BCUT2D eigenvalue weighted by Gasteiger charge is -2.26. The second kappa shape index (κ2) is 11.6. The van der Waals surface area contributed by atoms with Crippen LogP contribution in [0.15, 0.2) is 76.8 Å². The molecule has 3 aromatic rings. The van der Waals surface area contributed by atoms with E-state index in [-0.39, 0.29) is 22.7 Å². The van der Waals surface area contributed by atoms with Gasteiger partial charge < -0.3 is 14.8 Å². The first-order valence-electron chi connectivity index (χ1n) is 11.2. The lowest BCUT2D eigenvalue weighted by molar-refractivity contribution is -0.384. The van der Waals surface area contributed by atoms with Crippen molar-refractivity contribution < 1.29 is 33.6 Å². The third-order valence-corrected chi connectivity index (χ3v) is 5.91. The van der Waals surface area contributed by atoms with Gasteiger partial charge in [0.2, 0.25) is 0 Å². The molecule has 39 heavy (non-hydrogen) atoms. The van der Waals surface area contributed by atoms with Crippen molar-refractivity contribution in [1.82, 2.24) is 5.32 Å². The second-order valence-electron chi connectivity index (χ2n) is 7.95. The van der Waals surface area contributed by atoms with E-state index >= 15 is 0 Å². The Balaban J connectivity index is 1.60. The number of methoxy groups -OCH3 is 1. The number of benzene rings is 3. The summed E-state index contributed by atoms with van der Waals surface area (Å²) in [6.07, 6.45) is 1.20. The molecule has 3 aromatic carbocycles. The first-order chi connectivity index (χ1) is 18.7. The molecule has 0 atom stereocenters. The van der Waals surface area contributed by atoms with Gasteiger partial charge in [-0.2, -0.15) is 0 Å². The summed E-state index contributed by atoms with van der Waals surface area (Å²) in [7, 11) is 1.47. The van der Waals surface area contributed by atoms with E-state index < -0.39 is 40.9 Å². The fourth-order valence-corrected chi connectivity index (χ4v) is 4.01. The SMILES string of the molecule is COc1ccccc1NC(=O)COc1ccc(Br)cc1/C=C1/C(=O)NC(=O)N(c2cccc([N+](=O)[O-])c2)C1=O. The molecule has 1 aliphatic rings. The molecule has 0 unspecified atom stereocenters. The Labute approximate surface area is 229 Å². The smallest absolute Gasteiger partial charge is 0.335 e. The van der Waals surface area contributed by atoms with E-state index in [1.54, 1.807) is 36.4 Å². The van der Waals surface area contributed by atoms with Crippen molar-refractivity contribution in [3.05, 3.63) is 92.5 Å². The van der Waals surface area contributed by atoms with Crippen molar-refractivity contribution in [2.45, 2.75) is 0 Å². The van der Waals surface area contributed by atoms with Crippen LogP contribution in [0, 0.1) is 10.1 Å². The van der Waals surface area contributed by atoms with Gasteiger partial charge >= 0.3 is 6.03 Å². The number of carbonyl (C=O) groups is 4. The molecule has 0 aromatic heterocycles. The van der Waals surface area contributed by atoms with Crippen molar-refractivity contribution in [3.63, 3.8) is 0 Å². The van der Waals surface area contributed by atoms with E-state index in [0.717, 1.165) is 6.07 Å². The quantitative estimate of drug-likeness (QED) is 0.171. The summed E-state index contributed by atoms with van der Waals surface area (Å²) in [6.45, 7) is -0.408. The van der Waals surface area contributed by atoms with Gasteiger partial charge in [0.05, 0.1) is 23.4 Å². The Bertz CT molecular complexity index is 1540. The molecule has 5 amide bonds. The van der Waals surface area contributed by atoms with Gasteiger partial charge in [-0.05, 0) is 42.5 Å². The molecule has 0 aliphatic carbocycles. The summed E-state index contributed by atoms with van der Waals surface area (Å²) in [6, 6.07) is 15.4. The molecule has 1 heterocycles. The number of hydrogen-bond acceptors (Lipinski definition) is 8. The zero-order chi connectivity index (χ0) is 28.1. The molecule has 198 valence electrons. The summed E-state index contributed by atoms with van der Waals surface area (Å²) in [5.74, 6) is -1.82. The molecule has 12 nitrogen and oxygen atoms in total. The minimum Gasteiger partial charge on any atom is -0.495 e. The lowest BCUT2D eigenvalue weighted by Crippen LogP contribution is -2.54. The molecule has 0 radical (unpaired) electrons. The van der Waals surface area contributed by atoms with Crippen LogP contribution in [-0.2, 0) is 14.4 Å². The van der Waals surface area contributed by atoms with Crippen LogP contribution in [0.2, 0.25) is 0 Å².